The molecule has 1 heterocycles. The van der Waals surface area contributed by atoms with Crippen LogP contribution in [0.1, 0.15) is 23.7 Å². The number of anilines is 4. The Morgan fingerprint density at radius 1 is 0.920 bits per heavy atom. The van der Waals surface area contributed by atoms with Gasteiger partial charge in [0.05, 0.1) is 0 Å². The second kappa shape index (κ2) is 7.34. The highest BCUT2D eigenvalue weighted by molar-refractivity contribution is 5.64. The van der Waals surface area contributed by atoms with Crippen molar-refractivity contribution in [3.63, 3.8) is 0 Å². The molecule has 3 aromatic rings. The maximum absolute atomic E-state index is 4.75. The second-order valence-corrected chi connectivity index (χ2v) is 6.15. The summed E-state index contributed by atoms with van der Waals surface area (Å²) in [5, 5.41) is 3.45. The van der Waals surface area contributed by atoms with E-state index in [1.54, 1.807) is 0 Å². The van der Waals surface area contributed by atoms with Crippen molar-refractivity contribution in [2.45, 2.75) is 27.7 Å². The number of para-hydroxylation sites is 1. The van der Waals surface area contributed by atoms with Crippen molar-refractivity contribution in [2.24, 2.45) is 0 Å². The minimum Gasteiger partial charge on any atom is -0.340 e. The van der Waals surface area contributed by atoms with Gasteiger partial charge in [0, 0.05) is 29.7 Å². The van der Waals surface area contributed by atoms with Crippen LogP contribution in [0.3, 0.4) is 0 Å². The van der Waals surface area contributed by atoms with E-state index in [0.29, 0.717) is 5.95 Å². The fourth-order valence-corrected chi connectivity index (χ4v) is 2.81. The molecule has 3 rings (SSSR count). The van der Waals surface area contributed by atoms with Gasteiger partial charge in [0.25, 0.3) is 0 Å². The minimum atomic E-state index is 0.710. The van der Waals surface area contributed by atoms with Crippen LogP contribution >= 0.6 is 0 Å². The molecule has 25 heavy (non-hydrogen) atoms. The Kier molecular flexibility index (Phi) is 4.98. The van der Waals surface area contributed by atoms with Crippen molar-refractivity contribution in [2.75, 3.05) is 16.8 Å². The highest BCUT2D eigenvalue weighted by Crippen LogP contribution is 2.26. The van der Waals surface area contributed by atoms with Gasteiger partial charge in [-0.2, -0.15) is 4.98 Å². The van der Waals surface area contributed by atoms with Crippen LogP contribution in [0.15, 0.2) is 54.6 Å². The van der Waals surface area contributed by atoms with E-state index in [4.69, 9.17) is 4.98 Å². The third kappa shape index (κ3) is 3.79. The number of hydrogen-bond acceptors (Lipinski definition) is 4. The van der Waals surface area contributed by atoms with Crippen LogP contribution in [0.2, 0.25) is 0 Å². The fraction of sp³-hybridized carbons (Fsp3) is 0.238. The predicted octanol–water partition coefficient (Wildman–Crippen LogP) is 5.30. The molecule has 0 saturated heterocycles. The molecular formula is C21H24N4. The number of benzene rings is 2. The summed E-state index contributed by atoms with van der Waals surface area (Å²) < 4.78 is 0. The van der Waals surface area contributed by atoms with Crippen LogP contribution in [-0.2, 0) is 0 Å². The zero-order chi connectivity index (χ0) is 17.8. The second-order valence-electron chi connectivity index (χ2n) is 6.15. The lowest BCUT2D eigenvalue weighted by atomic mass is 10.1. The Morgan fingerprint density at radius 3 is 2.40 bits per heavy atom. The summed E-state index contributed by atoms with van der Waals surface area (Å²) in [7, 11) is 0. The number of hydrogen-bond donors (Lipinski definition) is 1. The zero-order valence-electron chi connectivity index (χ0n) is 15.2. The lowest BCUT2D eigenvalue weighted by Crippen LogP contribution is -2.19. The summed E-state index contributed by atoms with van der Waals surface area (Å²) in [6.45, 7) is 9.14. The topological polar surface area (TPSA) is 41.1 Å². The van der Waals surface area contributed by atoms with Crippen LogP contribution in [0, 0.1) is 20.8 Å². The van der Waals surface area contributed by atoms with Crippen molar-refractivity contribution in [3.05, 3.63) is 71.4 Å². The number of rotatable bonds is 5. The van der Waals surface area contributed by atoms with Gasteiger partial charge in [0.1, 0.15) is 5.82 Å². The zero-order valence-corrected chi connectivity index (χ0v) is 15.2. The first-order valence-corrected chi connectivity index (χ1v) is 8.60. The van der Waals surface area contributed by atoms with Crippen LogP contribution in [0.4, 0.5) is 23.1 Å². The predicted molar refractivity (Wildman–Crippen MR) is 105 cm³/mol. The largest absolute Gasteiger partial charge is 0.340 e. The van der Waals surface area contributed by atoms with Crippen molar-refractivity contribution in [1.29, 1.82) is 0 Å². The first-order chi connectivity index (χ1) is 12.1. The lowest BCUT2D eigenvalue weighted by Gasteiger charge is -2.22. The molecule has 0 atom stereocenters. The summed E-state index contributed by atoms with van der Waals surface area (Å²) in [4.78, 5) is 11.5. The van der Waals surface area contributed by atoms with Crippen molar-refractivity contribution in [3.8, 4) is 0 Å². The highest BCUT2D eigenvalue weighted by atomic mass is 15.3. The Morgan fingerprint density at radius 2 is 1.68 bits per heavy atom. The number of nitrogens with one attached hydrogen (secondary N) is 1. The number of nitrogens with zero attached hydrogens (tertiary/aromatic N) is 3. The molecule has 4 heteroatoms. The number of aryl methyl sites for hydroxylation is 2. The van der Waals surface area contributed by atoms with E-state index in [1.807, 2.05) is 31.2 Å². The smallest absolute Gasteiger partial charge is 0.232 e. The van der Waals surface area contributed by atoms with Gasteiger partial charge < -0.3 is 10.2 Å². The molecule has 2 aromatic carbocycles. The Balaban J connectivity index is 1.96. The van der Waals surface area contributed by atoms with Gasteiger partial charge in [0.2, 0.25) is 5.95 Å². The molecule has 0 saturated carbocycles. The quantitative estimate of drug-likeness (QED) is 0.688. The van der Waals surface area contributed by atoms with Gasteiger partial charge >= 0.3 is 0 Å². The van der Waals surface area contributed by atoms with Gasteiger partial charge in [-0.25, -0.2) is 4.98 Å². The standard InChI is InChI=1S/C21H24N4/c1-5-25(18-11-7-6-8-12-18)21-22-16(3)14-20(24-21)23-19-13-9-10-15(2)17(19)4/h6-14H,5H2,1-4H3,(H,22,23,24). The molecule has 0 fully saturated rings. The van der Waals surface area contributed by atoms with Crippen LogP contribution in [0.25, 0.3) is 0 Å². The van der Waals surface area contributed by atoms with Crippen LogP contribution < -0.4 is 10.2 Å². The summed E-state index contributed by atoms with van der Waals surface area (Å²) in [6.07, 6.45) is 0. The van der Waals surface area contributed by atoms with E-state index in [0.717, 1.165) is 29.4 Å². The lowest BCUT2D eigenvalue weighted by molar-refractivity contribution is 0.936. The maximum atomic E-state index is 4.75. The molecule has 4 nitrogen and oxygen atoms in total. The molecule has 128 valence electrons. The molecule has 0 unspecified atom stereocenters. The summed E-state index contributed by atoms with van der Waals surface area (Å²) in [5.41, 5.74) is 5.60. The van der Waals surface area contributed by atoms with E-state index >= 15 is 0 Å². The van der Waals surface area contributed by atoms with Gasteiger partial charge in [0.15, 0.2) is 0 Å². The SMILES string of the molecule is CCN(c1ccccc1)c1nc(C)cc(Nc2cccc(C)c2C)n1. The highest BCUT2D eigenvalue weighted by Gasteiger charge is 2.12. The van der Waals surface area contributed by atoms with E-state index in [1.165, 1.54) is 11.1 Å². The first-order valence-electron chi connectivity index (χ1n) is 8.60. The van der Waals surface area contributed by atoms with Crippen molar-refractivity contribution >= 4 is 23.1 Å². The fourth-order valence-electron chi connectivity index (χ4n) is 2.81. The van der Waals surface area contributed by atoms with Gasteiger partial charge in [-0.15, -0.1) is 0 Å². The summed E-state index contributed by atoms with van der Waals surface area (Å²) in [6, 6.07) is 18.5. The summed E-state index contributed by atoms with van der Waals surface area (Å²) in [5.74, 6) is 1.52. The molecule has 0 aliphatic carbocycles. The molecule has 1 aromatic heterocycles. The Bertz CT molecular complexity index is 859. The van der Waals surface area contributed by atoms with Gasteiger partial charge in [-0.05, 0) is 57.0 Å². The minimum absolute atomic E-state index is 0.710. The first kappa shape index (κ1) is 17.0. The van der Waals surface area contributed by atoms with E-state index in [-0.39, 0.29) is 0 Å². The van der Waals surface area contributed by atoms with E-state index in [2.05, 4.69) is 66.3 Å². The number of aromatic nitrogens is 2. The third-order valence-corrected chi connectivity index (χ3v) is 4.34. The Hall–Kier alpha value is -2.88. The average Bonchev–Trinajstić information content (AvgIpc) is 2.60. The van der Waals surface area contributed by atoms with E-state index < -0.39 is 0 Å². The van der Waals surface area contributed by atoms with Gasteiger partial charge in [-0.1, -0.05) is 30.3 Å². The normalized spacial score (nSPS) is 10.6. The molecule has 0 aliphatic rings. The average molecular weight is 332 g/mol. The molecule has 0 bridgehead atoms. The van der Waals surface area contributed by atoms with Crippen molar-refractivity contribution in [1.82, 2.24) is 9.97 Å². The summed E-state index contributed by atoms with van der Waals surface area (Å²) >= 11 is 0. The molecular weight excluding hydrogens is 308 g/mol. The maximum Gasteiger partial charge on any atom is 0.232 e. The van der Waals surface area contributed by atoms with Crippen molar-refractivity contribution < 1.29 is 0 Å². The Labute approximate surface area is 149 Å². The van der Waals surface area contributed by atoms with Gasteiger partial charge in [-0.3, -0.25) is 0 Å². The van der Waals surface area contributed by atoms with E-state index in [9.17, 15) is 0 Å². The monoisotopic (exact) mass is 332 g/mol. The van der Waals surface area contributed by atoms with Crippen LogP contribution in [-0.4, -0.2) is 16.5 Å². The molecule has 0 amide bonds. The third-order valence-electron chi connectivity index (χ3n) is 4.34. The van der Waals surface area contributed by atoms with Crippen LogP contribution in [0.5, 0.6) is 0 Å². The molecule has 0 aliphatic heterocycles. The molecule has 0 radical (unpaired) electrons. The molecule has 0 spiro atoms. The molecule has 1 N–H and O–H groups in total.